The van der Waals surface area contributed by atoms with Crippen LogP contribution in [0.2, 0.25) is 0 Å². The Balaban J connectivity index is 1.50. The molecule has 6 heteroatoms. The molecule has 1 fully saturated rings. The topological polar surface area (TPSA) is 84.6 Å². The summed E-state index contributed by atoms with van der Waals surface area (Å²) in [5, 5.41) is 24.4. The maximum Gasteiger partial charge on any atom is 0.273 e. The Bertz CT molecular complexity index is 704. The smallest absolute Gasteiger partial charge is 0.273 e. The van der Waals surface area contributed by atoms with E-state index in [1.165, 1.54) is 30.5 Å². The molecule has 2 aromatic rings. The summed E-state index contributed by atoms with van der Waals surface area (Å²) in [4.78, 5) is 10.3. The van der Waals surface area contributed by atoms with E-state index in [0.717, 1.165) is 0 Å². The number of benzene rings is 2. The van der Waals surface area contributed by atoms with Gasteiger partial charge in [0.25, 0.3) is 5.69 Å². The van der Waals surface area contributed by atoms with E-state index >= 15 is 0 Å². The van der Waals surface area contributed by atoms with Crippen LogP contribution in [0.5, 0.6) is 5.75 Å². The number of nitro groups is 1. The highest BCUT2D eigenvalue weighted by Gasteiger charge is 2.32. The average Bonchev–Trinajstić information content (AvgIpc) is 3.46. The number of nitrogens with zero attached hydrogens (tertiary/aromatic N) is 1. The minimum atomic E-state index is -0.691. The van der Waals surface area contributed by atoms with Crippen molar-refractivity contribution >= 4 is 5.69 Å². The van der Waals surface area contributed by atoms with Gasteiger partial charge in [0, 0.05) is 18.7 Å². The van der Waals surface area contributed by atoms with Crippen molar-refractivity contribution in [3.05, 3.63) is 70.3 Å². The SMILES string of the molecule is O=[N+]([O-])c1cccc(OC[C@@H](O)CN[C@@H](c2ccccc2)C2CC2)c1. The van der Waals surface area contributed by atoms with Crippen LogP contribution in [0.15, 0.2) is 54.6 Å². The van der Waals surface area contributed by atoms with Gasteiger partial charge in [0.15, 0.2) is 0 Å². The van der Waals surface area contributed by atoms with Gasteiger partial charge in [-0.15, -0.1) is 0 Å². The number of aliphatic hydroxyl groups is 1. The first-order valence-electron chi connectivity index (χ1n) is 8.47. The zero-order valence-corrected chi connectivity index (χ0v) is 13.9. The van der Waals surface area contributed by atoms with Crippen molar-refractivity contribution in [3.63, 3.8) is 0 Å². The summed E-state index contributed by atoms with van der Waals surface area (Å²) in [6.45, 7) is 0.491. The normalized spacial score (nSPS) is 16.2. The fourth-order valence-electron chi connectivity index (χ4n) is 2.85. The highest BCUT2D eigenvalue weighted by Crippen LogP contribution is 2.40. The molecular formula is C19H22N2O4. The first-order valence-corrected chi connectivity index (χ1v) is 8.47. The lowest BCUT2D eigenvalue weighted by Gasteiger charge is -2.21. The lowest BCUT2D eigenvalue weighted by atomic mass is 10.0. The van der Waals surface area contributed by atoms with Gasteiger partial charge in [-0.2, -0.15) is 0 Å². The molecule has 0 unspecified atom stereocenters. The molecule has 0 heterocycles. The number of hydrogen-bond acceptors (Lipinski definition) is 5. The molecular weight excluding hydrogens is 320 g/mol. The summed E-state index contributed by atoms with van der Waals surface area (Å²) < 4.78 is 5.48. The molecule has 25 heavy (non-hydrogen) atoms. The number of nitro benzene ring substituents is 1. The minimum absolute atomic E-state index is 0.0250. The van der Waals surface area contributed by atoms with Crippen molar-refractivity contribution in [2.45, 2.75) is 25.0 Å². The Morgan fingerprint density at radius 2 is 1.96 bits per heavy atom. The Kier molecular flexibility index (Phi) is 5.63. The van der Waals surface area contributed by atoms with Crippen molar-refractivity contribution in [2.75, 3.05) is 13.2 Å². The van der Waals surface area contributed by atoms with Crippen molar-refractivity contribution in [1.29, 1.82) is 0 Å². The average molecular weight is 342 g/mol. The molecule has 6 nitrogen and oxygen atoms in total. The van der Waals surface area contributed by atoms with E-state index < -0.39 is 11.0 Å². The van der Waals surface area contributed by atoms with E-state index in [4.69, 9.17) is 4.74 Å². The van der Waals surface area contributed by atoms with Crippen LogP contribution in [0.4, 0.5) is 5.69 Å². The van der Waals surface area contributed by atoms with Gasteiger partial charge in [-0.05, 0) is 30.4 Å². The van der Waals surface area contributed by atoms with Gasteiger partial charge in [-0.1, -0.05) is 36.4 Å². The molecule has 0 saturated heterocycles. The van der Waals surface area contributed by atoms with Crippen LogP contribution >= 0.6 is 0 Å². The third-order valence-electron chi connectivity index (χ3n) is 4.30. The Labute approximate surface area is 146 Å². The quantitative estimate of drug-likeness (QED) is 0.540. The largest absolute Gasteiger partial charge is 0.491 e. The zero-order chi connectivity index (χ0) is 17.6. The number of non-ortho nitro benzene ring substituents is 1. The molecule has 1 aliphatic rings. The molecule has 0 radical (unpaired) electrons. The second-order valence-corrected chi connectivity index (χ2v) is 6.35. The predicted molar refractivity (Wildman–Crippen MR) is 94.5 cm³/mol. The highest BCUT2D eigenvalue weighted by molar-refractivity contribution is 5.37. The summed E-state index contributed by atoms with van der Waals surface area (Å²) >= 11 is 0. The molecule has 2 N–H and O–H groups in total. The lowest BCUT2D eigenvalue weighted by molar-refractivity contribution is -0.384. The summed E-state index contributed by atoms with van der Waals surface area (Å²) in [6, 6.07) is 16.5. The van der Waals surface area contributed by atoms with Gasteiger partial charge in [-0.3, -0.25) is 10.1 Å². The Hall–Kier alpha value is -2.44. The fourth-order valence-corrected chi connectivity index (χ4v) is 2.85. The van der Waals surface area contributed by atoms with E-state index in [1.54, 1.807) is 12.1 Å². The second kappa shape index (κ2) is 8.09. The number of hydrogen-bond donors (Lipinski definition) is 2. The first kappa shape index (κ1) is 17.4. The highest BCUT2D eigenvalue weighted by atomic mass is 16.6. The van der Waals surface area contributed by atoms with E-state index in [9.17, 15) is 15.2 Å². The van der Waals surface area contributed by atoms with Crippen LogP contribution in [0.1, 0.15) is 24.4 Å². The third-order valence-corrected chi connectivity index (χ3v) is 4.30. The van der Waals surface area contributed by atoms with E-state index in [0.29, 0.717) is 18.2 Å². The number of rotatable bonds is 9. The fraction of sp³-hybridized carbons (Fsp3) is 0.368. The molecule has 2 aromatic carbocycles. The van der Waals surface area contributed by atoms with Gasteiger partial charge in [0.05, 0.1) is 11.0 Å². The van der Waals surface area contributed by atoms with Gasteiger partial charge in [0.1, 0.15) is 18.5 Å². The van der Waals surface area contributed by atoms with Crippen LogP contribution < -0.4 is 10.1 Å². The predicted octanol–water partition coefficient (Wildman–Crippen LogP) is 3.08. The van der Waals surface area contributed by atoms with Crippen molar-refractivity contribution in [3.8, 4) is 5.75 Å². The van der Waals surface area contributed by atoms with Crippen molar-refractivity contribution < 1.29 is 14.8 Å². The van der Waals surface area contributed by atoms with Crippen LogP contribution in [0.25, 0.3) is 0 Å². The number of aliphatic hydroxyl groups excluding tert-OH is 1. The third kappa shape index (κ3) is 5.01. The van der Waals surface area contributed by atoms with Crippen molar-refractivity contribution in [2.24, 2.45) is 5.92 Å². The molecule has 0 aromatic heterocycles. The second-order valence-electron chi connectivity index (χ2n) is 6.35. The maximum absolute atomic E-state index is 10.8. The van der Waals surface area contributed by atoms with Crippen molar-refractivity contribution in [1.82, 2.24) is 5.32 Å². The minimum Gasteiger partial charge on any atom is -0.491 e. The molecule has 2 atom stereocenters. The molecule has 0 amide bonds. The monoisotopic (exact) mass is 342 g/mol. The molecule has 0 aliphatic heterocycles. The van der Waals surface area contributed by atoms with Gasteiger partial charge in [0.2, 0.25) is 0 Å². The molecule has 3 rings (SSSR count). The molecule has 0 bridgehead atoms. The molecule has 0 spiro atoms. The summed E-state index contributed by atoms with van der Waals surface area (Å²) in [6.07, 6.45) is 1.71. The number of ether oxygens (including phenoxy) is 1. The number of nitrogens with one attached hydrogen (secondary N) is 1. The van der Waals surface area contributed by atoms with Gasteiger partial charge in [-0.25, -0.2) is 0 Å². The lowest BCUT2D eigenvalue weighted by Crippen LogP contribution is -2.34. The first-order chi connectivity index (χ1) is 12.1. The summed E-state index contributed by atoms with van der Waals surface area (Å²) in [5.74, 6) is 1.00. The van der Waals surface area contributed by atoms with Gasteiger partial charge >= 0.3 is 0 Å². The molecule has 1 aliphatic carbocycles. The van der Waals surface area contributed by atoms with Crippen LogP contribution in [0.3, 0.4) is 0 Å². The Morgan fingerprint density at radius 3 is 2.64 bits per heavy atom. The summed E-state index contributed by atoms with van der Waals surface area (Å²) in [5.41, 5.74) is 1.21. The van der Waals surface area contributed by atoms with Crippen LogP contribution in [-0.2, 0) is 0 Å². The summed E-state index contributed by atoms with van der Waals surface area (Å²) in [7, 11) is 0. The Morgan fingerprint density at radius 1 is 1.20 bits per heavy atom. The molecule has 132 valence electrons. The van der Waals surface area contributed by atoms with Crippen LogP contribution in [0, 0.1) is 16.0 Å². The van der Waals surface area contributed by atoms with Crippen LogP contribution in [-0.4, -0.2) is 29.3 Å². The van der Waals surface area contributed by atoms with E-state index in [2.05, 4.69) is 17.4 Å². The maximum atomic E-state index is 10.8. The van der Waals surface area contributed by atoms with E-state index in [1.807, 2.05) is 18.2 Å². The standard InChI is InChI=1S/C19H22N2O4/c22-17(13-25-18-8-4-7-16(11-18)21(23)24)12-20-19(15-9-10-15)14-5-2-1-3-6-14/h1-8,11,15,17,19-20,22H,9-10,12-13H2/t17-,19-/m0/s1. The zero-order valence-electron chi connectivity index (χ0n) is 13.9. The molecule has 1 saturated carbocycles. The van der Waals surface area contributed by atoms with E-state index in [-0.39, 0.29) is 18.3 Å². The van der Waals surface area contributed by atoms with Gasteiger partial charge < -0.3 is 15.2 Å².